The molecule has 0 amide bonds. The van der Waals surface area contributed by atoms with Crippen LogP contribution in [0.1, 0.15) is 32.8 Å². The smallest absolute Gasteiger partial charge is 0.188 e. The first-order valence-corrected chi connectivity index (χ1v) is 6.63. The molecule has 0 spiro atoms. The summed E-state index contributed by atoms with van der Waals surface area (Å²) in [5.41, 5.74) is 6.88. The molecule has 1 aromatic rings. The lowest BCUT2D eigenvalue weighted by molar-refractivity contribution is 0.538. The largest absolute Gasteiger partial charge is 0.370 e. The van der Waals surface area contributed by atoms with Gasteiger partial charge in [0.05, 0.1) is 6.54 Å². The van der Waals surface area contributed by atoms with Gasteiger partial charge in [0.25, 0.3) is 0 Å². The molecule has 0 bridgehead atoms. The lowest BCUT2D eigenvalue weighted by Crippen LogP contribution is -2.34. The third-order valence-corrected chi connectivity index (χ3v) is 3.04. The first-order chi connectivity index (χ1) is 8.45. The highest BCUT2D eigenvalue weighted by atomic mass is 127. The molecule has 0 fully saturated rings. The maximum absolute atomic E-state index is 6.01. The lowest BCUT2D eigenvalue weighted by atomic mass is 9.85. The third kappa shape index (κ3) is 6.47. The summed E-state index contributed by atoms with van der Waals surface area (Å²) in [4.78, 5) is 4.38. The number of hydrogen-bond donors (Lipinski definition) is 2. The van der Waals surface area contributed by atoms with Crippen molar-refractivity contribution in [3.05, 3.63) is 34.9 Å². The van der Waals surface area contributed by atoms with Gasteiger partial charge in [-0.15, -0.1) is 24.0 Å². The molecule has 3 N–H and O–H groups in total. The molecule has 0 aliphatic heterocycles. The average molecular weight is 396 g/mol. The highest BCUT2D eigenvalue weighted by Crippen LogP contribution is 2.25. The van der Waals surface area contributed by atoms with Gasteiger partial charge in [0.1, 0.15) is 0 Å². The highest BCUT2D eigenvalue weighted by Gasteiger charge is 2.20. The van der Waals surface area contributed by atoms with Crippen molar-refractivity contribution < 1.29 is 0 Å². The van der Waals surface area contributed by atoms with Gasteiger partial charge in [-0.2, -0.15) is 0 Å². The van der Waals surface area contributed by atoms with Crippen LogP contribution in [0.2, 0.25) is 5.02 Å². The number of nitrogens with zero attached hydrogens (tertiary/aromatic N) is 1. The number of nitrogens with two attached hydrogens (primary N) is 1. The highest BCUT2D eigenvalue weighted by molar-refractivity contribution is 14.0. The second-order valence-electron chi connectivity index (χ2n) is 5.02. The van der Waals surface area contributed by atoms with Crippen LogP contribution in [0.3, 0.4) is 0 Å². The maximum atomic E-state index is 6.01. The molecule has 0 atom stereocenters. The average Bonchev–Trinajstić information content (AvgIpc) is 2.34. The molecule has 1 rings (SSSR count). The second kappa shape index (κ2) is 8.64. The molecular weight excluding hydrogens is 373 g/mol. The molecule has 19 heavy (non-hydrogen) atoms. The van der Waals surface area contributed by atoms with Crippen LogP contribution in [0.25, 0.3) is 0 Å². The molecule has 0 radical (unpaired) electrons. The van der Waals surface area contributed by atoms with Crippen LogP contribution >= 0.6 is 35.6 Å². The van der Waals surface area contributed by atoms with E-state index in [1.165, 1.54) is 5.56 Å². The minimum atomic E-state index is -0.0799. The van der Waals surface area contributed by atoms with Crippen molar-refractivity contribution >= 4 is 41.5 Å². The Hall–Kier alpha value is -0.490. The van der Waals surface area contributed by atoms with Gasteiger partial charge in [0.15, 0.2) is 5.96 Å². The minimum Gasteiger partial charge on any atom is -0.370 e. The minimum absolute atomic E-state index is 0. The molecule has 0 unspecified atom stereocenters. The predicted molar refractivity (Wildman–Crippen MR) is 94.7 cm³/mol. The van der Waals surface area contributed by atoms with Crippen LogP contribution in [-0.4, -0.2) is 19.0 Å². The topological polar surface area (TPSA) is 50.4 Å². The van der Waals surface area contributed by atoms with E-state index in [1.807, 2.05) is 18.2 Å². The summed E-state index contributed by atoms with van der Waals surface area (Å²) in [6.07, 6.45) is 1.04. The summed E-state index contributed by atoms with van der Waals surface area (Å²) in [6, 6.07) is 7.88. The number of rotatable bonds is 5. The fraction of sp³-hybridized carbons (Fsp3) is 0.500. The zero-order valence-electron chi connectivity index (χ0n) is 11.7. The number of halogens is 2. The van der Waals surface area contributed by atoms with Crippen molar-refractivity contribution in [1.82, 2.24) is 5.32 Å². The fourth-order valence-corrected chi connectivity index (χ4v) is 1.78. The predicted octanol–water partition coefficient (Wildman–Crippen LogP) is 3.55. The van der Waals surface area contributed by atoms with Crippen LogP contribution in [0.4, 0.5) is 0 Å². The summed E-state index contributed by atoms with van der Waals surface area (Å²) < 4.78 is 0. The summed E-state index contributed by atoms with van der Waals surface area (Å²) in [5, 5.41) is 3.82. The van der Waals surface area contributed by atoms with E-state index in [-0.39, 0.29) is 29.4 Å². The van der Waals surface area contributed by atoms with Crippen molar-refractivity contribution in [2.24, 2.45) is 10.7 Å². The van der Waals surface area contributed by atoms with Crippen LogP contribution < -0.4 is 11.1 Å². The summed E-state index contributed by atoms with van der Waals surface area (Å²) in [7, 11) is 0. The van der Waals surface area contributed by atoms with Gasteiger partial charge in [0, 0.05) is 17.0 Å². The van der Waals surface area contributed by atoms with Gasteiger partial charge in [-0.05, 0) is 24.1 Å². The van der Waals surface area contributed by atoms with E-state index in [0.29, 0.717) is 12.5 Å². The Morgan fingerprint density at radius 2 is 2.11 bits per heavy atom. The Bertz CT molecular complexity index is 419. The van der Waals surface area contributed by atoms with Gasteiger partial charge < -0.3 is 11.1 Å². The quantitative estimate of drug-likeness (QED) is 0.455. The molecule has 0 saturated carbocycles. The molecule has 0 aliphatic carbocycles. The molecule has 3 nitrogen and oxygen atoms in total. The Kier molecular flexibility index (Phi) is 8.41. The van der Waals surface area contributed by atoms with Gasteiger partial charge in [-0.1, -0.05) is 44.5 Å². The van der Waals surface area contributed by atoms with E-state index in [1.54, 1.807) is 0 Å². The SMILES string of the molecule is CCCNC(N)=NCC(C)(C)c1cccc(Cl)c1.I. The first kappa shape index (κ1) is 18.5. The van der Waals surface area contributed by atoms with Crippen molar-refractivity contribution in [3.8, 4) is 0 Å². The molecule has 0 aromatic heterocycles. The molecule has 0 aliphatic rings. The number of nitrogens with one attached hydrogen (secondary N) is 1. The van der Waals surface area contributed by atoms with Crippen LogP contribution in [0, 0.1) is 0 Å². The Labute approximate surface area is 138 Å². The summed E-state index contributed by atoms with van der Waals surface area (Å²) in [5.74, 6) is 0.506. The van der Waals surface area contributed by atoms with Crippen molar-refractivity contribution in [1.29, 1.82) is 0 Å². The van der Waals surface area contributed by atoms with Gasteiger partial charge in [0.2, 0.25) is 0 Å². The van der Waals surface area contributed by atoms with Crippen LogP contribution in [-0.2, 0) is 5.41 Å². The van der Waals surface area contributed by atoms with Crippen molar-refractivity contribution in [2.75, 3.05) is 13.1 Å². The Morgan fingerprint density at radius 3 is 2.68 bits per heavy atom. The summed E-state index contributed by atoms with van der Waals surface area (Å²) >= 11 is 6.01. The third-order valence-electron chi connectivity index (χ3n) is 2.81. The molecule has 1 aromatic carbocycles. The molecule has 0 heterocycles. The van der Waals surface area contributed by atoms with E-state index >= 15 is 0 Å². The lowest BCUT2D eigenvalue weighted by Gasteiger charge is -2.23. The van der Waals surface area contributed by atoms with Gasteiger partial charge >= 0.3 is 0 Å². The molecule has 5 heteroatoms. The number of aliphatic imine (C=N–C) groups is 1. The van der Waals surface area contributed by atoms with E-state index in [9.17, 15) is 0 Å². The van der Waals surface area contributed by atoms with Crippen molar-refractivity contribution in [3.63, 3.8) is 0 Å². The van der Waals surface area contributed by atoms with Crippen LogP contribution in [0.15, 0.2) is 29.3 Å². The fourth-order valence-electron chi connectivity index (χ4n) is 1.59. The van der Waals surface area contributed by atoms with E-state index in [4.69, 9.17) is 17.3 Å². The number of guanidine groups is 1. The van der Waals surface area contributed by atoms with E-state index < -0.39 is 0 Å². The zero-order valence-corrected chi connectivity index (χ0v) is 14.8. The second-order valence-corrected chi connectivity index (χ2v) is 5.46. The van der Waals surface area contributed by atoms with Gasteiger partial charge in [-0.25, -0.2) is 0 Å². The summed E-state index contributed by atoms with van der Waals surface area (Å²) in [6.45, 7) is 7.85. The maximum Gasteiger partial charge on any atom is 0.188 e. The molecular formula is C14H23ClIN3. The normalized spacial score (nSPS) is 11.9. The standard InChI is InChI=1S/C14H22ClN3.HI/c1-4-8-17-13(16)18-10-14(2,3)11-6-5-7-12(15)9-11;/h5-7,9H,4,8,10H2,1-3H3,(H3,16,17,18);1H. The van der Waals surface area contributed by atoms with Gasteiger partial charge in [-0.3, -0.25) is 4.99 Å². The Morgan fingerprint density at radius 1 is 1.42 bits per heavy atom. The van der Waals surface area contributed by atoms with Crippen molar-refractivity contribution in [2.45, 2.75) is 32.6 Å². The van der Waals surface area contributed by atoms with E-state index in [0.717, 1.165) is 18.0 Å². The molecule has 0 saturated heterocycles. The van der Waals surface area contributed by atoms with E-state index in [2.05, 4.69) is 37.1 Å². The number of hydrogen-bond acceptors (Lipinski definition) is 1. The monoisotopic (exact) mass is 395 g/mol. The Balaban J connectivity index is 0.00000324. The number of benzene rings is 1. The zero-order chi connectivity index (χ0) is 13.6. The van der Waals surface area contributed by atoms with Crippen LogP contribution in [0.5, 0.6) is 0 Å². The first-order valence-electron chi connectivity index (χ1n) is 6.25. The molecule has 108 valence electrons.